The van der Waals surface area contributed by atoms with Crippen LogP contribution in [0.3, 0.4) is 0 Å². The smallest absolute Gasteiger partial charge is 0.397 e. The van der Waals surface area contributed by atoms with Gasteiger partial charge in [-0.3, -0.25) is 28.4 Å². The van der Waals surface area contributed by atoms with E-state index in [1.54, 1.807) is 12.3 Å². The number of H-pyrrole nitrogens is 1. The van der Waals surface area contributed by atoms with Gasteiger partial charge in [0.15, 0.2) is 5.75 Å². The minimum atomic E-state index is -1.51. The van der Waals surface area contributed by atoms with Crippen LogP contribution in [0, 0.1) is 5.92 Å². The number of fused-ring (bicyclic) bond motifs is 1. The van der Waals surface area contributed by atoms with E-state index < -0.39 is 26.1 Å². The van der Waals surface area contributed by atoms with Crippen molar-refractivity contribution in [3.05, 3.63) is 57.1 Å². The van der Waals surface area contributed by atoms with E-state index in [-0.39, 0.29) is 18.6 Å². The number of hydrogen-bond donors (Lipinski definition) is 1. The fourth-order valence-electron chi connectivity index (χ4n) is 2.93. The Balaban J connectivity index is 1.36. The molecule has 0 bridgehead atoms. The lowest BCUT2D eigenvalue weighted by molar-refractivity contribution is -0.0294. The molecule has 2 aromatic rings. The molecule has 4 atom stereocenters. The van der Waals surface area contributed by atoms with Gasteiger partial charge in [0.1, 0.15) is 18.5 Å². The highest BCUT2D eigenvalue weighted by molar-refractivity contribution is 7.42. The SMILES string of the molecule is CC1C[C@H](n2ccc(=O)[nH]c2=O)OC1COP1OCc2ncccc2O1. The van der Waals surface area contributed by atoms with Crippen LogP contribution in [0.15, 0.2) is 40.2 Å². The lowest BCUT2D eigenvalue weighted by atomic mass is 10.0. The zero-order valence-electron chi connectivity index (χ0n) is 14.0. The summed E-state index contributed by atoms with van der Waals surface area (Å²) >= 11 is 0. The summed E-state index contributed by atoms with van der Waals surface area (Å²) in [7, 11) is -1.51. The molecule has 0 amide bonds. The molecule has 1 saturated heterocycles. The van der Waals surface area contributed by atoms with E-state index in [9.17, 15) is 9.59 Å². The third kappa shape index (κ3) is 3.57. The number of pyridine rings is 1. The summed E-state index contributed by atoms with van der Waals surface area (Å²) in [6, 6.07) is 4.93. The summed E-state index contributed by atoms with van der Waals surface area (Å²) in [6.07, 6.45) is 3.14. The molecule has 1 N–H and O–H groups in total. The van der Waals surface area contributed by atoms with Gasteiger partial charge in [-0.1, -0.05) is 6.92 Å². The van der Waals surface area contributed by atoms with Gasteiger partial charge in [-0.25, -0.2) is 4.79 Å². The highest BCUT2D eigenvalue weighted by Gasteiger charge is 2.35. The van der Waals surface area contributed by atoms with Crippen molar-refractivity contribution < 1.29 is 18.3 Å². The first-order valence-electron chi connectivity index (χ1n) is 8.25. The maximum atomic E-state index is 11.9. The molecule has 0 aromatic carbocycles. The Hall–Kier alpha value is -2.06. The normalized spacial score (nSPS) is 27.7. The molecule has 2 aliphatic heterocycles. The molecule has 26 heavy (non-hydrogen) atoms. The number of nitrogens with one attached hydrogen (secondary N) is 1. The van der Waals surface area contributed by atoms with Gasteiger partial charge in [0, 0.05) is 18.5 Å². The first kappa shape index (κ1) is 17.4. The minimum absolute atomic E-state index is 0.174. The number of hydrogen-bond acceptors (Lipinski definition) is 7. The van der Waals surface area contributed by atoms with Gasteiger partial charge in [-0.15, -0.1) is 0 Å². The van der Waals surface area contributed by atoms with Crippen LogP contribution in [-0.4, -0.2) is 27.2 Å². The van der Waals surface area contributed by atoms with Crippen LogP contribution in [0.1, 0.15) is 25.3 Å². The Kier molecular flexibility index (Phi) is 4.86. The van der Waals surface area contributed by atoms with Gasteiger partial charge in [0.05, 0.1) is 12.7 Å². The summed E-state index contributed by atoms with van der Waals surface area (Å²) in [6.45, 7) is 2.66. The molecule has 4 heterocycles. The van der Waals surface area contributed by atoms with Crippen molar-refractivity contribution >= 4 is 8.60 Å². The molecule has 3 unspecified atom stereocenters. The van der Waals surface area contributed by atoms with Crippen molar-refractivity contribution in [2.45, 2.75) is 32.3 Å². The van der Waals surface area contributed by atoms with Gasteiger partial charge in [0.25, 0.3) is 5.56 Å². The first-order chi connectivity index (χ1) is 12.6. The maximum Gasteiger partial charge on any atom is 0.397 e. The number of aromatic amines is 1. The van der Waals surface area contributed by atoms with Crippen LogP contribution >= 0.6 is 8.60 Å². The molecule has 0 radical (unpaired) electrons. The lowest BCUT2D eigenvalue weighted by Crippen LogP contribution is -2.31. The fourth-order valence-corrected chi connectivity index (χ4v) is 3.93. The molecule has 1 fully saturated rings. The second kappa shape index (κ2) is 7.28. The highest BCUT2D eigenvalue weighted by atomic mass is 31.2. The van der Waals surface area contributed by atoms with Crippen molar-refractivity contribution in [1.29, 1.82) is 0 Å². The van der Waals surface area contributed by atoms with E-state index in [1.807, 2.05) is 13.0 Å². The van der Waals surface area contributed by atoms with Crippen molar-refractivity contribution in [2.75, 3.05) is 6.61 Å². The van der Waals surface area contributed by atoms with Crippen LogP contribution in [0.25, 0.3) is 0 Å². The average molecular weight is 379 g/mol. The maximum absolute atomic E-state index is 11.9. The van der Waals surface area contributed by atoms with Gasteiger partial charge in [0.2, 0.25) is 0 Å². The van der Waals surface area contributed by atoms with E-state index in [1.165, 1.54) is 16.8 Å². The summed E-state index contributed by atoms with van der Waals surface area (Å²) in [5.41, 5.74) is -0.164. The van der Waals surface area contributed by atoms with Gasteiger partial charge in [-0.05, 0) is 24.5 Å². The van der Waals surface area contributed by atoms with E-state index in [4.69, 9.17) is 18.3 Å². The zero-order chi connectivity index (χ0) is 18.1. The van der Waals surface area contributed by atoms with Crippen LogP contribution in [-0.2, 0) is 20.4 Å². The summed E-state index contributed by atoms with van der Waals surface area (Å²) in [5.74, 6) is 0.843. The third-order valence-corrected chi connectivity index (χ3v) is 5.42. The molecule has 10 heteroatoms. The largest absolute Gasteiger partial charge is 0.425 e. The van der Waals surface area contributed by atoms with Crippen molar-refractivity contribution in [1.82, 2.24) is 14.5 Å². The first-order valence-corrected chi connectivity index (χ1v) is 9.34. The quantitative estimate of drug-likeness (QED) is 0.807. The van der Waals surface area contributed by atoms with Gasteiger partial charge >= 0.3 is 14.3 Å². The predicted molar refractivity (Wildman–Crippen MR) is 91.5 cm³/mol. The van der Waals surface area contributed by atoms with Crippen LogP contribution in [0.4, 0.5) is 0 Å². The second-order valence-corrected chi connectivity index (χ2v) is 7.34. The van der Waals surface area contributed by atoms with Crippen molar-refractivity contribution in [3.63, 3.8) is 0 Å². The van der Waals surface area contributed by atoms with Crippen molar-refractivity contribution in [2.24, 2.45) is 5.92 Å². The summed E-state index contributed by atoms with van der Waals surface area (Å²) < 4.78 is 24.3. The van der Waals surface area contributed by atoms with Gasteiger partial charge < -0.3 is 9.26 Å². The highest BCUT2D eigenvalue weighted by Crippen LogP contribution is 2.47. The molecule has 138 valence electrons. The van der Waals surface area contributed by atoms with Crippen LogP contribution in [0.5, 0.6) is 5.75 Å². The number of aromatic nitrogens is 3. The van der Waals surface area contributed by atoms with E-state index in [0.717, 1.165) is 5.69 Å². The predicted octanol–water partition coefficient (Wildman–Crippen LogP) is 1.71. The monoisotopic (exact) mass is 379 g/mol. The molecular weight excluding hydrogens is 361 g/mol. The van der Waals surface area contributed by atoms with Gasteiger partial charge in [-0.2, -0.15) is 0 Å². The second-order valence-electron chi connectivity index (χ2n) is 6.19. The molecule has 2 aromatic heterocycles. The Labute approximate surface area is 149 Å². The Morgan fingerprint density at radius 3 is 3.15 bits per heavy atom. The Bertz CT molecular complexity index is 900. The molecule has 2 aliphatic rings. The van der Waals surface area contributed by atoms with E-state index >= 15 is 0 Å². The molecule has 0 aliphatic carbocycles. The average Bonchev–Trinajstić information content (AvgIpc) is 3.00. The Morgan fingerprint density at radius 2 is 2.31 bits per heavy atom. The Morgan fingerprint density at radius 1 is 1.42 bits per heavy atom. The number of rotatable bonds is 4. The van der Waals surface area contributed by atoms with E-state index in [0.29, 0.717) is 18.8 Å². The fraction of sp³-hybridized carbons (Fsp3) is 0.438. The third-order valence-electron chi connectivity index (χ3n) is 4.37. The number of nitrogens with zero attached hydrogens (tertiary/aromatic N) is 2. The molecule has 4 rings (SSSR count). The number of ether oxygens (including phenoxy) is 1. The van der Waals surface area contributed by atoms with Crippen LogP contribution in [0.2, 0.25) is 0 Å². The van der Waals surface area contributed by atoms with Crippen molar-refractivity contribution in [3.8, 4) is 5.75 Å². The molecule has 9 nitrogen and oxygen atoms in total. The topological polar surface area (TPSA) is 105 Å². The summed E-state index contributed by atoms with van der Waals surface area (Å²) in [5, 5.41) is 0. The summed E-state index contributed by atoms with van der Waals surface area (Å²) in [4.78, 5) is 29.5. The minimum Gasteiger partial charge on any atom is -0.425 e. The van der Waals surface area contributed by atoms with E-state index in [2.05, 4.69) is 9.97 Å². The van der Waals surface area contributed by atoms with Crippen LogP contribution < -0.4 is 15.8 Å². The molecular formula is C16H18N3O6P. The zero-order valence-corrected chi connectivity index (χ0v) is 14.9. The standard InChI is InChI=1S/C16H18N3O6P/c1-10-7-15(19-6-4-14(20)18-16(19)21)24-13(10)9-23-26-22-8-11-12(25-26)3-2-5-17-11/h2-6,10,13,15H,7-9H2,1H3,(H,18,20,21)/t10?,13?,15-,26?/m1/s1. The molecule has 0 spiro atoms. The molecule has 0 saturated carbocycles. The lowest BCUT2D eigenvalue weighted by Gasteiger charge is -2.24.